The summed E-state index contributed by atoms with van der Waals surface area (Å²) in [5.41, 5.74) is 1.43. The van der Waals surface area contributed by atoms with Gasteiger partial charge < -0.3 is 4.74 Å². The molecule has 0 N–H and O–H groups in total. The fraction of sp³-hybridized carbons (Fsp3) is 0.0476. The highest BCUT2D eigenvalue weighted by atomic mass is 32.2. The van der Waals surface area contributed by atoms with Crippen molar-refractivity contribution < 1.29 is 19.1 Å². The number of thioether (sulfide) groups is 1. The van der Waals surface area contributed by atoms with Crippen molar-refractivity contribution in [2.24, 2.45) is 4.99 Å². The van der Waals surface area contributed by atoms with Crippen LogP contribution in [0.1, 0.15) is 5.56 Å². The second-order valence-corrected chi connectivity index (χ2v) is 6.60. The van der Waals surface area contributed by atoms with Gasteiger partial charge >= 0.3 is 5.97 Å². The number of methoxy groups -OCH3 is 1. The third-order valence-electron chi connectivity index (χ3n) is 3.70. The van der Waals surface area contributed by atoms with Gasteiger partial charge in [-0.05, 0) is 35.5 Å². The highest BCUT2D eigenvalue weighted by Crippen LogP contribution is 2.31. The van der Waals surface area contributed by atoms with E-state index in [1.54, 1.807) is 30.3 Å². The predicted octanol–water partition coefficient (Wildman–Crippen LogP) is 3.42. The molecule has 0 bridgehead atoms. The van der Waals surface area contributed by atoms with Crippen molar-refractivity contribution in [2.45, 2.75) is 0 Å². The number of benzene rings is 2. The average Bonchev–Trinajstić information content (AvgIpc) is 3.07. The average molecular weight is 392 g/mol. The van der Waals surface area contributed by atoms with Gasteiger partial charge in [-0.2, -0.15) is 4.99 Å². The minimum atomic E-state index is -0.658. The first-order chi connectivity index (χ1) is 13.6. The molecule has 1 heterocycles. The van der Waals surface area contributed by atoms with Crippen molar-refractivity contribution >= 4 is 46.5 Å². The Bertz CT molecular complexity index is 982. The number of hydrogen-bond donors (Lipinski definition) is 0. The van der Waals surface area contributed by atoms with Crippen LogP contribution in [-0.4, -0.2) is 30.1 Å². The lowest BCUT2D eigenvalue weighted by atomic mass is 10.2. The van der Waals surface area contributed by atoms with E-state index < -0.39 is 11.9 Å². The number of rotatable bonds is 4. The third-order valence-corrected chi connectivity index (χ3v) is 4.67. The number of esters is 1. The van der Waals surface area contributed by atoms with Crippen LogP contribution in [0.2, 0.25) is 0 Å². The van der Waals surface area contributed by atoms with Crippen molar-refractivity contribution in [3.05, 3.63) is 83.3 Å². The Morgan fingerprint density at radius 1 is 1.04 bits per heavy atom. The first kappa shape index (κ1) is 19.3. The summed E-state index contributed by atoms with van der Waals surface area (Å²) in [7, 11) is 1.22. The van der Waals surface area contributed by atoms with Gasteiger partial charge in [-0.1, -0.05) is 48.5 Å². The molecule has 2 aromatic carbocycles. The Morgan fingerprint density at radius 2 is 1.68 bits per heavy atom. The molecular formula is C21H16N2O4S. The summed E-state index contributed by atoms with van der Waals surface area (Å²) >= 11 is 0.947. The lowest BCUT2D eigenvalue weighted by Gasteiger charge is -2.20. The maximum atomic E-state index is 12.9. The van der Waals surface area contributed by atoms with Gasteiger partial charge in [0.15, 0.2) is 5.17 Å². The molecule has 0 atom stereocenters. The van der Waals surface area contributed by atoms with E-state index in [9.17, 15) is 14.4 Å². The van der Waals surface area contributed by atoms with Gasteiger partial charge in [0, 0.05) is 12.2 Å². The summed E-state index contributed by atoms with van der Waals surface area (Å²) in [6.07, 6.45) is 4.17. The number of hydrogen-bond acceptors (Lipinski definition) is 5. The lowest BCUT2D eigenvalue weighted by Crippen LogP contribution is -2.33. The van der Waals surface area contributed by atoms with Gasteiger partial charge in [0.05, 0.1) is 17.7 Å². The van der Waals surface area contributed by atoms with Crippen LogP contribution in [0.5, 0.6) is 0 Å². The quantitative estimate of drug-likeness (QED) is 0.589. The second-order valence-electron chi connectivity index (χ2n) is 5.59. The number of aliphatic imine (C=N–C) groups is 1. The molecule has 0 aliphatic carbocycles. The number of anilines is 1. The Hall–Kier alpha value is -3.45. The van der Waals surface area contributed by atoms with Crippen LogP contribution >= 0.6 is 11.8 Å². The molecule has 0 radical (unpaired) electrons. The highest BCUT2D eigenvalue weighted by molar-refractivity contribution is 8.18. The summed E-state index contributed by atoms with van der Waals surface area (Å²) in [4.78, 5) is 41.9. The molecule has 140 valence electrons. The van der Waals surface area contributed by atoms with Gasteiger partial charge in [0.1, 0.15) is 0 Å². The maximum absolute atomic E-state index is 12.9. The topological polar surface area (TPSA) is 76.0 Å². The smallest absolute Gasteiger partial charge is 0.331 e. The normalized spacial score (nSPS) is 15.0. The van der Waals surface area contributed by atoms with Crippen molar-refractivity contribution in [2.75, 3.05) is 12.0 Å². The van der Waals surface area contributed by atoms with E-state index in [2.05, 4.69) is 9.73 Å². The molecule has 0 unspecified atom stereocenters. The van der Waals surface area contributed by atoms with Gasteiger partial charge in [-0.3, -0.25) is 14.5 Å². The number of nitrogens with zero attached hydrogens (tertiary/aromatic N) is 2. The van der Waals surface area contributed by atoms with Crippen molar-refractivity contribution in [1.29, 1.82) is 0 Å². The largest absolute Gasteiger partial charge is 0.466 e. The van der Waals surface area contributed by atoms with Gasteiger partial charge in [-0.25, -0.2) is 4.79 Å². The zero-order valence-corrected chi connectivity index (χ0v) is 15.8. The summed E-state index contributed by atoms with van der Waals surface area (Å²) in [6, 6.07) is 18.3. The second kappa shape index (κ2) is 8.96. The molecule has 0 fully saturated rings. The number of carbonyl (C=O) groups excluding carboxylic acids is 3. The maximum Gasteiger partial charge on any atom is 0.331 e. The fourth-order valence-corrected chi connectivity index (χ4v) is 3.27. The number of ether oxygens (including phenoxy) is 1. The van der Waals surface area contributed by atoms with E-state index in [1.807, 2.05) is 36.4 Å². The first-order valence-electron chi connectivity index (χ1n) is 8.31. The molecule has 2 amide bonds. The Balaban J connectivity index is 1.91. The Kier molecular flexibility index (Phi) is 6.18. The van der Waals surface area contributed by atoms with E-state index in [0.717, 1.165) is 23.4 Å². The van der Waals surface area contributed by atoms with Crippen LogP contribution in [0.4, 0.5) is 5.69 Å². The monoisotopic (exact) mass is 392 g/mol. The van der Waals surface area contributed by atoms with Crippen LogP contribution in [0.15, 0.2) is 82.7 Å². The van der Waals surface area contributed by atoms with Crippen LogP contribution in [0.3, 0.4) is 0 Å². The Labute approximate surface area is 166 Å². The molecular weight excluding hydrogens is 376 g/mol. The third kappa shape index (κ3) is 4.63. The van der Waals surface area contributed by atoms with Crippen LogP contribution in [0.25, 0.3) is 6.08 Å². The minimum Gasteiger partial charge on any atom is -0.466 e. The summed E-state index contributed by atoms with van der Waals surface area (Å²) in [5, 5.41) is 0.175. The molecule has 28 heavy (non-hydrogen) atoms. The van der Waals surface area contributed by atoms with E-state index in [4.69, 9.17) is 0 Å². The van der Waals surface area contributed by atoms with E-state index in [1.165, 1.54) is 18.1 Å². The molecule has 0 spiro atoms. The molecule has 1 aliphatic heterocycles. The van der Waals surface area contributed by atoms with Crippen LogP contribution in [0, 0.1) is 0 Å². The minimum absolute atomic E-state index is 0.0996. The molecule has 2 aromatic rings. The van der Waals surface area contributed by atoms with Gasteiger partial charge in [0.25, 0.3) is 11.8 Å². The van der Waals surface area contributed by atoms with E-state index >= 15 is 0 Å². The summed E-state index contributed by atoms with van der Waals surface area (Å²) < 4.78 is 4.55. The SMILES string of the molecule is COC(=O)C=C1SC(N(C(=O)C=Cc2ccccc2)c2ccccc2)=NC1=O. The number of amides is 2. The summed E-state index contributed by atoms with van der Waals surface area (Å²) in [6.45, 7) is 0. The highest BCUT2D eigenvalue weighted by Gasteiger charge is 2.30. The number of para-hydroxylation sites is 1. The molecule has 3 rings (SSSR count). The number of amidine groups is 1. The van der Waals surface area contributed by atoms with E-state index in [-0.39, 0.29) is 16.0 Å². The first-order valence-corrected chi connectivity index (χ1v) is 9.13. The summed E-state index contributed by atoms with van der Waals surface area (Å²) in [5.74, 6) is -1.62. The van der Waals surface area contributed by atoms with Crippen LogP contribution < -0.4 is 4.90 Å². The molecule has 7 heteroatoms. The molecule has 6 nitrogen and oxygen atoms in total. The van der Waals surface area contributed by atoms with Crippen molar-refractivity contribution in [3.63, 3.8) is 0 Å². The lowest BCUT2D eigenvalue weighted by molar-refractivity contribution is -0.135. The zero-order valence-electron chi connectivity index (χ0n) is 14.9. The standard InChI is InChI=1S/C21H16N2O4S/c1-27-19(25)14-17-20(26)22-21(28-17)23(16-10-6-3-7-11-16)18(24)13-12-15-8-4-2-5-9-15/h2-14H,1H3. The van der Waals surface area contributed by atoms with Gasteiger partial charge in [-0.15, -0.1) is 0 Å². The molecule has 0 aromatic heterocycles. The zero-order chi connectivity index (χ0) is 19.9. The van der Waals surface area contributed by atoms with Crippen molar-refractivity contribution in [3.8, 4) is 0 Å². The van der Waals surface area contributed by atoms with Crippen LogP contribution in [-0.2, 0) is 19.1 Å². The number of carbonyl (C=O) groups is 3. The Morgan fingerprint density at radius 3 is 2.32 bits per heavy atom. The molecule has 0 saturated carbocycles. The van der Waals surface area contributed by atoms with Crippen molar-refractivity contribution in [1.82, 2.24) is 0 Å². The molecule has 1 aliphatic rings. The predicted molar refractivity (Wildman–Crippen MR) is 110 cm³/mol. The van der Waals surface area contributed by atoms with E-state index in [0.29, 0.717) is 5.69 Å². The fourth-order valence-electron chi connectivity index (χ4n) is 2.37. The van der Waals surface area contributed by atoms with Gasteiger partial charge in [0.2, 0.25) is 0 Å². The molecule has 0 saturated heterocycles.